The number of hydrogen-bond acceptors (Lipinski definition) is 4. The van der Waals surface area contributed by atoms with Gasteiger partial charge in [-0.15, -0.1) is 0 Å². The van der Waals surface area contributed by atoms with E-state index in [2.05, 4.69) is 29.3 Å². The first-order valence-corrected chi connectivity index (χ1v) is 6.81. The van der Waals surface area contributed by atoms with Crippen molar-refractivity contribution in [2.75, 3.05) is 7.05 Å². The Hall–Kier alpha value is -1.39. The molecule has 1 aromatic carbocycles. The van der Waals surface area contributed by atoms with Crippen molar-refractivity contribution in [2.45, 2.75) is 32.2 Å². The molecular weight excluding hydrogens is 262 g/mol. The SMILES string of the molecule is CCC(NC)C(C)c1nc(-c2ccccc2Cl)no1. The quantitative estimate of drug-likeness (QED) is 0.910. The predicted molar refractivity (Wildman–Crippen MR) is 76.3 cm³/mol. The average molecular weight is 280 g/mol. The van der Waals surface area contributed by atoms with Gasteiger partial charge in [0, 0.05) is 11.6 Å². The van der Waals surface area contributed by atoms with E-state index in [4.69, 9.17) is 16.1 Å². The van der Waals surface area contributed by atoms with Gasteiger partial charge in [-0.05, 0) is 25.6 Å². The highest BCUT2D eigenvalue weighted by atomic mass is 35.5. The van der Waals surface area contributed by atoms with Gasteiger partial charge >= 0.3 is 0 Å². The molecular formula is C14H18ClN3O. The molecule has 0 aliphatic rings. The summed E-state index contributed by atoms with van der Waals surface area (Å²) in [7, 11) is 1.94. The van der Waals surface area contributed by atoms with E-state index >= 15 is 0 Å². The molecule has 0 amide bonds. The van der Waals surface area contributed by atoms with Crippen LogP contribution in [0.2, 0.25) is 5.02 Å². The molecule has 0 saturated heterocycles. The van der Waals surface area contributed by atoms with Crippen LogP contribution in [0.25, 0.3) is 11.4 Å². The summed E-state index contributed by atoms with van der Waals surface area (Å²) < 4.78 is 5.36. The fraction of sp³-hybridized carbons (Fsp3) is 0.429. The second kappa shape index (κ2) is 6.17. The van der Waals surface area contributed by atoms with Gasteiger partial charge in [-0.3, -0.25) is 0 Å². The Morgan fingerprint density at radius 2 is 2.11 bits per heavy atom. The third-order valence-electron chi connectivity index (χ3n) is 3.36. The van der Waals surface area contributed by atoms with Crippen molar-refractivity contribution in [3.63, 3.8) is 0 Å². The molecule has 2 rings (SSSR count). The molecule has 0 fully saturated rings. The molecule has 0 radical (unpaired) electrons. The number of aromatic nitrogens is 2. The molecule has 0 saturated carbocycles. The molecule has 19 heavy (non-hydrogen) atoms. The van der Waals surface area contributed by atoms with E-state index in [0.717, 1.165) is 12.0 Å². The van der Waals surface area contributed by atoms with Crippen LogP contribution in [0, 0.1) is 0 Å². The molecule has 0 spiro atoms. The van der Waals surface area contributed by atoms with E-state index in [0.29, 0.717) is 22.8 Å². The Morgan fingerprint density at radius 1 is 1.37 bits per heavy atom. The van der Waals surface area contributed by atoms with Crippen molar-refractivity contribution in [2.24, 2.45) is 0 Å². The fourth-order valence-electron chi connectivity index (χ4n) is 2.15. The zero-order valence-electron chi connectivity index (χ0n) is 11.4. The molecule has 102 valence electrons. The molecule has 2 aromatic rings. The first-order chi connectivity index (χ1) is 9.17. The summed E-state index contributed by atoms with van der Waals surface area (Å²) in [6, 6.07) is 7.81. The predicted octanol–water partition coefficient (Wildman–Crippen LogP) is 3.49. The molecule has 0 bridgehead atoms. The highest BCUT2D eigenvalue weighted by molar-refractivity contribution is 6.33. The normalized spacial score (nSPS) is 14.3. The molecule has 1 N–H and O–H groups in total. The maximum Gasteiger partial charge on any atom is 0.231 e. The van der Waals surface area contributed by atoms with E-state index in [9.17, 15) is 0 Å². The number of likely N-dealkylation sites (N-methyl/N-ethyl adjacent to an activating group) is 1. The monoisotopic (exact) mass is 279 g/mol. The number of hydrogen-bond donors (Lipinski definition) is 1. The van der Waals surface area contributed by atoms with Crippen molar-refractivity contribution >= 4 is 11.6 Å². The van der Waals surface area contributed by atoms with Crippen molar-refractivity contribution in [1.82, 2.24) is 15.5 Å². The number of benzene rings is 1. The van der Waals surface area contributed by atoms with Crippen LogP contribution in [0.1, 0.15) is 32.1 Å². The standard InChI is InChI=1S/C14H18ClN3O/c1-4-12(16-3)9(2)14-17-13(18-19-14)10-7-5-6-8-11(10)15/h5-9,12,16H,4H2,1-3H3. The second-order valence-corrected chi connectivity index (χ2v) is 4.94. The summed E-state index contributed by atoms with van der Waals surface area (Å²) in [6.45, 7) is 4.21. The zero-order valence-corrected chi connectivity index (χ0v) is 12.1. The van der Waals surface area contributed by atoms with Crippen LogP contribution in [0.4, 0.5) is 0 Å². The van der Waals surface area contributed by atoms with E-state index in [1.807, 2.05) is 31.3 Å². The molecule has 0 aliphatic heterocycles. The van der Waals surface area contributed by atoms with Crippen molar-refractivity contribution < 1.29 is 4.52 Å². The van der Waals surface area contributed by atoms with Crippen LogP contribution in [-0.4, -0.2) is 23.2 Å². The van der Waals surface area contributed by atoms with Crippen LogP contribution >= 0.6 is 11.6 Å². The molecule has 1 heterocycles. The van der Waals surface area contributed by atoms with Crippen LogP contribution in [-0.2, 0) is 0 Å². The smallest absolute Gasteiger partial charge is 0.231 e. The Balaban J connectivity index is 2.27. The lowest BCUT2D eigenvalue weighted by atomic mass is 10.00. The highest BCUT2D eigenvalue weighted by Crippen LogP contribution is 2.27. The zero-order chi connectivity index (χ0) is 13.8. The Kier molecular flexibility index (Phi) is 4.56. The minimum atomic E-state index is 0.165. The largest absolute Gasteiger partial charge is 0.339 e. The van der Waals surface area contributed by atoms with Gasteiger partial charge in [0.15, 0.2) is 0 Å². The number of halogens is 1. The molecule has 5 heteroatoms. The summed E-state index contributed by atoms with van der Waals surface area (Å²) in [6.07, 6.45) is 1.00. The third kappa shape index (κ3) is 2.96. The fourth-order valence-corrected chi connectivity index (χ4v) is 2.37. The minimum Gasteiger partial charge on any atom is -0.339 e. The number of nitrogens with zero attached hydrogens (tertiary/aromatic N) is 2. The second-order valence-electron chi connectivity index (χ2n) is 4.53. The molecule has 2 atom stereocenters. The lowest BCUT2D eigenvalue weighted by Gasteiger charge is -2.18. The molecule has 0 aliphatic carbocycles. The van der Waals surface area contributed by atoms with Crippen LogP contribution in [0.15, 0.2) is 28.8 Å². The van der Waals surface area contributed by atoms with Gasteiger partial charge in [0.2, 0.25) is 11.7 Å². The van der Waals surface area contributed by atoms with Gasteiger partial charge in [0.1, 0.15) is 0 Å². The summed E-state index contributed by atoms with van der Waals surface area (Å²) in [5.41, 5.74) is 0.795. The van der Waals surface area contributed by atoms with E-state index in [1.165, 1.54) is 0 Å². The van der Waals surface area contributed by atoms with Crippen molar-refractivity contribution in [3.05, 3.63) is 35.2 Å². The lowest BCUT2D eigenvalue weighted by molar-refractivity contribution is 0.326. The molecule has 2 unspecified atom stereocenters. The van der Waals surface area contributed by atoms with Crippen molar-refractivity contribution in [3.8, 4) is 11.4 Å². The van der Waals surface area contributed by atoms with Gasteiger partial charge in [-0.25, -0.2) is 0 Å². The first kappa shape index (κ1) is 14.0. The van der Waals surface area contributed by atoms with Crippen LogP contribution in [0.3, 0.4) is 0 Å². The van der Waals surface area contributed by atoms with Gasteiger partial charge in [-0.2, -0.15) is 4.98 Å². The summed E-state index contributed by atoms with van der Waals surface area (Å²) >= 11 is 6.13. The van der Waals surface area contributed by atoms with Crippen LogP contribution < -0.4 is 5.32 Å². The van der Waals surface area contributed by atoms with Gasteiger partial charge < -0.3 is 9.84 Å². The summed E-state index contributed by atoms with van der Waals surface area (Å²) in [5, 5.41) is 7.91. The summed E-state index contributed by atoms with van der Waals surface area (Å²) in [5.74, 6) is 1.34. The third-order valence-corrected chi connectivity index (χ3v) is 3.69. The Morgan fingerprint density at radius 3 is 2.74 bits per heavy atom. The molecule has 1 aromatic heterocycles. The van der Waals surface area contributed by atoms with E-state index in [1.54, 1.807) is 0 Å². The minimum absolute atomic E-state index is 0.165. The van der Waals surface area contributed by atoms with Crippen molar-refractivity contribution in [1.29, 1.82) is 0 Å². The van der Waals surface area contributed by atoms with E-state index < -0.39 is 0 Å². The average Bonchev–Trinajstić information content (AvgIpc) is 2.90. The Bertz CT molecular complexity index is 537. The summed E-state index contributed by atoms with van der Waals surface area (Å²) in [4.78, 5) is 4.46. The van der Waals surface area contributed by atoms with Gasteiger partial charge in [0.05, 0.1) is 10.9 Å². The highest BCUT2D eigenvalue weighted by Gasteiger charge is 2.22. The van der Waals surface area contributed by atoms with E-state index in [-0.39, 0.29) is 5.92 Å². The topological polar surface area (TPSA) is 51.0 Å². The van der Waals surface area contributed by atoms with Gasteiger partial charge in [-0.1, -0.05) is 42.7 Å². The number of rotatable bonds is 5. The van der Waals surface area contributed by atoms with Crippen LogP contribution in [0.5, 0.6) is 0 Å². The maximum absolute atomic E-state index is 6.13. The number of nitrogens with one attached hydrogen (secondary N) is 1. The lowest BCUT2D eigenvalue weighted by Crippen LogP contribution is -2.30. The maximum atomic E-state index is 6.13. The molecule has 4 nitrogen and oxygen atoms in total. The Labute approximate surface area is 118 Å². The van der Waals surface area contributed by atoms with Gasteiger partial charge in [0.25, 0.3) is 0 Å². The first-order valence-electron chi connectivity index (χ1n) is 6.43.